The smallest absolute Gasteiger partial charge is 0.224 e. The van der Waals surface area contributed by atoms with Gasteiger partial charge in [0.2, 0.25) is 5.91 Å². The Labute approximate surface area is 96.0 Å². The van der Waals surface area contributed by atoms with Crippen molar-refractivity contribution in [3.63, 3.8) is 0 Å². The Morgan fingerprint density at radius 2 is 2.44 bits per heavy atom. The van der Waals surface area contributed by atoms with E-state index in [1.165, 1.54) is 0 Å². The molecule has 0 aliphatic heterocycles. The molecule has 1 unspecified atom stereocenters. The lowest BCUT2D eigenvalue weighted by Gasteiger charge is -2.11. The number of carbonyl (C=O) groups excluding carboxylic acids is 1. The van der Waals surface area contributed by atoms with Crippen molar-refractivity contribution in [2.24, 2.45) is 5.92 Å². The van der Waals surface area contributed by atoms with Gasteiger partial charge in [-0.3, -0.25) is 4.79 Å². The fourth-order valence-corrected chi connectivity index (χ4v) is 1.37. The van der Waals surface area contributed by atoms with Crippen LogP contribution in [-0.4, -0.2) is 35.5 Å². The molecule has 16 heavy (non-hydrogen) atoms. The predicted octanol–water partition coefficient (Wildman–Crippen LogP) is 0.314. The molecule has 1 heterocycles. The average Bonchev–Trinajstić information content (AvgIpc) is 2.78. The van der Waals surface area contributed by atoms with Crippen LogP contribution in [0.1, 0.15) is 19.7 Å². The minimum atomic E-state index is 0.0107. The number of hydrogen-bond donors (Lipinski definition) is 3. The molecular formula is C11H20N4O. The molecule has 1 rings (SSSR count). The van der Waals surface area contributed by atoms with E-state index in [1.54, 1.807) is 12.4 Å². The number of rotatable bonds is 7. The van der Waals surface area contributed by atoms with Gasteiger partial charge in [0.15, 0.2) is 0 Å². The quantitative estimate of drug-likeness (QED) is 0.624. The molecule has 5 nitrogen and oxygen atoms in total. The zero-order valence-electron chi connectivity index (χ0n) is 9.92. The van der Waals surface area contributed by atoms with Gasteiger partial charge in [-0.2, -0.15) is 0 Å². The summed E-state index contributed by atoms with van der Waals surface area (Å²) in [6.07, 6.45) is 4.24. The van der Waals surface area contributed by atoms with Crippen molar-refractivity contribution in [1.29, 1.82) is 0 Å². The predicted molar refractivity (Wildman–Crippen MR) is 63.0 cm³/mol. The summed E-state index contributed by atoms with van der Waals surface area (Å²) in [5.41, 5.74) is 0. The number of carbonyl (C=O) groups is 1. The molecule has 1 atom stereocenters. The number of H-pyrrole nitrogens is 1. The van der Waals surface area contributed by atoms with Crippen LogP contribution in [0.2, 0.25) is 0 Å². The number of aromatic nitrogens is 2. The van der Waals surface area contributed by atoms with E-state index in [0.29, 0.717) is 6.54 Å². The number of aromatic amines is 1. The topological polar surface area (TPSA) is 69.8 Å². The standard InChI is InChI=1S/C11H20N4O/c1-3-12-8-9(2)11(16)15-5-4-10-13-6-7-14-10/h6-7,9,12H,3-5,8H2,1-2H3,(H,13,14)(H,15,16). The lowest BCUT2D eigenvalue weighted by Crippen LogP contribution is -2.36. The highest BCUT2D eigenvalue weighted by Gasteiger charge is 2.11. The van der Waals surface area contributed by atoms with Crippen molar-refractivity contribution in [3.05, 3.63) is 18.2 Å². The molecular weight excluding hydrogens is 204 g/mol. The highest BCUT2D eigenvalue weighted by molar-refractivity contribution is 5.78. The molecule has 1 amide bonds. The average molecular weight is 224 g/mol. The number of imidazole rings is 1. The van der Waals surface area contributed by atoms with Crippen LogP contribution >= 0.6 is 0 Å². The summed E-state index contributed by atoms with van der Waals surface area (Å²) in [6, 6.07) is 0. The van der Waals surface area contributed by atoms with Gasteiger partial charge in [0, 0.05) is 37.8 Å². The molecule has 0 fully saturated rings. The Kier molecular flexibility index (Phi) is 5.56. The molecule has 5 heteroatoms. The second kappa shape index (κ2) is 7.00. The molecule has 1 aromatic rings. The van der Waals surface area contributed by atoms with E-state index in [0.717, 1.165) is 25.3 Å². The summed E-state index contributed by atoms with van der Waals surface area (Å²) in [6.45, 7) is 6.20. The summed E-state index contributed by atoms with van der Waals surface area (Å²) in [5, 5.41) is 6.04. The van der Waals surface area contributed by atoms with Crippen molar-refractivity contribution in [3.8, 4) is 0 Å². The van der Waals surface area contributed by atoms with E-state index in [9.17, 15) is 4.79 Å². The van der Waals surface area contributed by atoms with Gasteiger partial charge >= 0.3 is 0 Å². The third-order valence-electron chi connectivity index (χ3n) is 2.36. The lowest BCUT2D eigenvalue weighted by atomic mass is 10.1. The van der Waals surface area contributed by atoms with Gasteiger partial charge in [-0.05, 0) is 6.54 Å². The zero-order chi connectivity index (χ0) is 11.8. The highest BCUT2D eigenvalue weighted by Crippen LogP contribution is 1.93. The third kappa shape index (κ3) is 4.44. The molecule has 0 saturated carbocycles. The fraction of sp³-hybridized carbons (Fsp3) is 0.636. The van der Waals surface area contributed by atoms with E-state index < -0.39 is 0 Å². The second-order valence-electron chi connectivity index (χ2n) is 3.79. The van der Waals surface area contributed by atoms with Crippen molar-refractivity contribution in [2.45, 2.75) is 20.3 Å². The van der Waals surface area contributed by atoms with E-state index in [-0.39, 0.29) is 11.8 Å². The Balaban J connectivity index is 2.14. The number of amides is 1. The monoisotopic (exact) mass is 224 g/mol. The van der Waals surface area contributed by atoms with Gasteiger partial charge in [-0.15, -0.1) is 0 Å². The van der Waals surface area contributed by atoms with Gasteiger partial charge in [0.05, 0.1) is 0 Å². The number of hydrogen-bond acceptors (Lipinski definition) is 3. The van der Waals surface area contributed by atoms with Crippen LogP contribution < -0.4 is 10.6 Å². The summed E-state index contributed by atoms with van der Waals surface area (Å²) < 4.78 is 0. The Morgan fingerprint density at radius 1 is 1.62 bits per heavy atom. The summed E-state index contributed by atoms with van der Waals surface area (Å²) in [4.78, 5) is 18.7. The van der Waals surface area contributed by atoms with Crippen LogP contribution in [0.25, 0.3) is 0 Å². The molecule has 90 valence electrons. The lowest BCUT2D eigenvalue weighted by molar-refractivity contribution is -0.124. The van der Waals surface area contributed by atoms with E-state index in [2.05, 4.69) is 20.6 Å². The van der Waals surface area contributed by atoms with Gasteiger partial charge in [-0.1, -0.05) is 13.8 Å². The molecule has 0 aliphatic rings. The molecule has 1 aromatic heterocycles. The molecule has 0 spiro atoms. The van der Waals surface area contributed by atoms with Gasteiger partial charge in [-0.25, -0.2) is 4.98 Å². The Hall–Kier alpha value is -1.36. The first-order valence-electron chi connectivity index (χ1n) is 5.70. The Morgan fingerprint density at radius 3 is 3.06 bits per heavy atom. The number of nitrogens with zero attached hydrogens (tertiary/aromatic N) is 1. The van der Waals surface area contributed by atoms with Crippen LogP contribution in [0, 0.1) is 5.92 Å². The van der Waals surface area contributed by atoms with Crippen LogP contribution in [-0.2, 0) is 11.2 Å². The maximum Gasteiger partial charge on any atom is 0.224 e. The normalized spacial score (nSPS) is 12.4. The minimum Gasteiger partial charge on any atom is -0.355 e. The van der Waals surface area contributed by atoms with Crippen LogP contribution in [0.4, 0.5) is 0 Å². The van der Waals surface area contributed by atoms with Crippen LogP contribution in [0.3, 0.4) is 0 Å². The van der Waals surface area contributed by atoms with Gasteiger partial charge in [0.25, 0.3) is 0 Å². The maximum atomic E-state index is 11.6. The van der Waals surface area contributed by atoms with E-state index in [4.69, 9.17) is 0 Å². The second-order valence-corrected chi connectivity index (χ2v) is 3.79. The Bertz CT molecular complexity index is 297. The van der Waals surface area contributed by atoms with E-state index in [1.807, 2.05) is 13.8 Å². The largest absolute Gasteiger partial charge is 0.355 e. The number of nitrogens with one attached hydrogen (secondary N) is 3. The summed E-state index contributed by atoms with van der Waals surface area (Å²) in [5.74, 6) is 1.00. The van der Waals surface area contributed by atoms with Crippen molar-refractivity contribution < 1.29 is 4.79 Å². The molecule has 0 aliphatic carbocycles. The van der Waals surface area contributed by atoms with Gasteiger partial charge < -0.3 is 15.6 Å². The molecule has 0 aromatic carbocycles. The van der Waals surface area contributed by atoms with Crippen molar-refractivity contribution in [1.82, 2.24) is 20.6 Å². The van der Waals surface area contributed by atoms with Crippen molar-refractivity contribution >= 4 is 5.91 Å². The summed E-state index contributed by atoms with van der Waals surface area (Å²) in [7, 11) is 0. The first-order chi connectivity index (χ1) is 7.74. The van der Waals surface area contributed by atoms with Crippen LogP contribution in [0.5, 0.6) is 0 Å². The minimum absolute atomic E-state index is 0.0107. The molecule has 0 bridgehead atoms. The molecule has 0 saturated heterocycles. The van der Waals surface area contributed by atoms with E-state index >= 15 is 0 Å². The first kappa shape index (κ1) is 12.7. The van der Waals surface area contributed by atoms with Crippen molar-refractivity contribution in [2.75, 3.05) is 19.6 Å². The SMILES string of the molecule is CCNCC(C)C(=O)NCCc1ncc[nH]1. The fourth-order valence-electron chi connectivity index (χ4n) is 1.37. The van der Waals surface area contributed by atoms with Gasteiger partial charge in [0.1, 0.15) is 5.82 Å². The molecule has 3 N–H and O–H groups in total. The zero-order valence-corrected chi connectivity index (χ0v) is 9.92. The molecule has 0 radical (unpaired) electrons. The highest BCUT2D eigenvalue weighted by atomic mass is 16.1. The van der Waals surface area contributed by atoms with Crippen LogP contribution in [0.15, 0.2) is 12.4 Å². The first-order valence-corrected chi connectivity index (χ1v) is 5.70. The summed E-state index contributed by atoms with van der Waals surface area (Å²) >= 11 is 0. The maximum absolute atomic E-state index is 11.6. The third-order valence-corrected chi connectivity index (χ3v) is 2.36.